The van der Waals surface area contributed by atoms with Crippen LogP contribution in [0.1, 0.15) is 28.4 Å². The van der Waals surface area contributed by atoms with Gasteiger partial charge in [0.25, 0.3) is 5.91 Å². The molecular weight excluding hydrogens is 262 g/mol. The first-order valence-corrected chi connectivity index (χ1v) is 7.08. The van der Waals surface area contributed by atoms with Gasteiger partial charge in [0.2, 0.25) is 0 Å². The highest BCUT2D eigenvalue weighted by Crippen LogP contribution is 2.44. The van der Waals surface area contributed by atoms with E-state index >= 15 is 0 Å². The van der Waals surface area contributed by atoms with Crippen molar-refractivity contribution in [1.29, 1.82) is 0 Å². The van der Waals surface area contributed by atoms with E-state index in [9.17, 15) is 4.79 Å². The van der Waals surface area contributed by atoms with Gasteiger partial charge < -0.3 is 9.80 Å². The molecule has 4 nitrogen and oxygen atoms in total. The Morgan fingerprint density at radius 2 is 2.05 bits per heavy atom. The predicted octanol–water partition coefficient (Wildman–Crippen LogP) is 3.14. The van der Waals surface area contributed by atoms with E-state index in [1.807, 2.05) is 37.5 Å². The van der Waals surface area contributed by atoms with Crippen LogP contribution >= 0.6 is 0 Å². The molecule has 0 fully saturated rings. The normalized spacial score (nSPS) is 15.5. The van der Waals surface area contributed by atoms with Gasteiger partial charge in [-0.2, -0.15) is 0 Å². The van der Waals surface area contributed by atoms with Crippen LogP contribution in [0, 0.1) is 0 Å². The van der Waals surface area contributed by atoms with Crippen LogP contribution in [0.15, 0.2) is 36.5 Å². The van der Waals surface area contributed by atoms with Crippen LogP contribution in [-0.2, 0) is 0 Å². The van der Waals surface area contributed by atoms with E-state index in [4.69, 9.17) is 0 Å². The second-order valence-electron chi connectivity index (χ2n) is 5.25. The van der Waals surface area contributed by atoms with Crippen molar-refractivity contribution in [3.05, 3.63) is 53.2 Å². The van der Waals surface area contributed by atoms with Crippen molar-refractivity contribution in [2.45, 2.75) is 6.92 Å². The van der Waals surface area contributed by atoms with Crippen molar-refractivity contribution in [3.63, 3.8) is 0 Å². The number of aromatic nitrogens is 1. The quantitative estimate of drug-likeness (QED) is 0.803. The summed E-state index contributed by atoms with van der Waals surface area (Å²) in [6, 6.07) is 9.87. The minimum Gasteiger partial charge on any atom is -0.326 e. The van der Waals surface area contributed by atoms with Crippen molar-refractivity contribution < 1.29 is 4.79 Å². The Labute approximate surface area is 123 Å². The van der Waals surface area contributed by atoms with Crippen molar-refractivity contribution in [2.75, 3.05) is 18.5 Å². The molecule has 0 atom stereocenters. The van der Waals surface area contributed by atoms with Crippen LogP contribution in [0.3, 0.4) is 0 Å². The van der Waals surface area contributed by atoms with E-state index in [0.717, 1.165) is 40.4 Å². The second-order valence-corrected chi connectivity index (χ2v) is 5.25. The fraction of sp³-hybridized carbons (Fsp3) is 0.176. The molecule has 4 rings (SSSR count). The standard InChI is InChI=1S/C17H15N3O/c1-3-20-13-8-4-7-12-15(13)14(19(2)17(12)21)10-11-6-5-9-18-16(11)20/h4-10H,3H2,1-2H3. The summed E-state index contributed by atoms with van der Waals surface area (Å²) < 4.78 is 0. The lowest BCUT2D eigenvalue weighted by molar-refractivity contribution is 0.0875. The molecular formula is C17H15N3O. The van der Waals surface area contributed by atoms with Gasteiger partial charge in [-0.3, -0.25) is 4.79 Å². The molecule has 1 aromatic carbocycles. The number of benzene rings is 1. The van der Waals surface area contributed by atoms with Crippen molar-refractivity contribution in [1.82, 2.24) is 9.88 Å². The van der Waals surface area contributed by atoms with Crippen LogP contribution in [0.5, 0.6) is 0 Å². The number of hydrogen-bond acceptors (Lipinski definition) is 3. The summed E-state index contributed by atoms with van der Waals surface area (Å²) in [5.74, 6) is 0.998. The summed E-state index contributed by atoms with van der Waals surface area (Å²) in [6.07, 6.45) is 3.87. The Morgan fingerprint density at radius 1 is 1.19 bits per heavy atom. The minimum absolute atomic E-state index is 0.0569. The van der Waals surface area contributed by atoms with Crippen LogP contribution in [0.2, 0.25) is 0 Å². The summed E-state index contributed by atoms with van der Waals surface area (Å²) >= 11 is 0. The molecule has 2 aliphatic heterocycles. The zero-order valence-electron chi connectivity index (χ0n) is 12.0. The molecule has 0 saturated carbocycles. The van der Waals surface area contributed by atoms with Crippen LogP contribution < -0.4 is 4.90 Å². The minimum atomic E-state index is 0.0569. The molecule has 1 amide bonds. The van der Waals surface area contributed by atoms with E-state index < -0.39 is 0 Å². The number of amides is 1. The first-order valence-electron chi connectivity index (χ1n) is 7.08. The molecule has 0 spiro atoms. The number of fused-ring (bicyclic) bond motifs is 1. The number of pyridine rings is 1. The molecule has 0 unspecified atom stereocenters. The molecule has 0 bridgehead atoms. The largest absolute Gasteiger partial charge is 0.326 e. The van der Waals surface area contributed by atoms with Crippen molar-refractivity contribution in [3.8, 4) is 0 Å². The Hall–Kier alpha value is -2.62. The van der Waals surface area contributed by atoms with Crippen molar-refractivity contribution >= 4 is 29.2 Å². The highest BCUT2D eigenvalue weighted by atomic mass is 16.2. The zero-order valence-corrected chi connectivity index (χ0v) is 12.0. The highest BCUT2D eigenvalue weighted by Gasteiger charge is 2.35. The van der Waals surface area contributed by atoms with E-state index in [-0.39, 0.29) is 5.91 Å². The predicted molar refractivity (Wildman–Crippen MR) is 83.3 cm³/mol. The third kappa shape index (κ3) is 1.50. The summed E-state index contributed by atoms with van der Waals surface area (Å²) in [5, 5.41) is 0. The smallest absolute Gasteiger partial charge is 0.258 e. The van der Waals surface area contributed by atoms with Gasteiger partial charge in [-0.15, -0.1) is 0 Å². The van der Waals surface area contributed by atoms with E-state index in [1.54, 1.807) is 4.90 Å². The fourth-order valence-electron chi connectivity index (χ4n) is 3.17. The van der Waals surface area contributed by atoms with Gasteiger partial charge in [0.1, 0.15) is 5.82 Å². The summed E-state index contributed by atoms with van der Waals surface area (Å²) in [6.45, 7) is 2.91. The van der Waals surface area contributed by atoms with Gasteiger partial charge in [0.05, 0.1) is 16.9 Å². The zero-order chi connectivity index (χ0) is 14.6. The van der Waals surface area contributed by atoms with Crippen LogP contribution in [0.4, 0.5) is 11.5 Å². The highest BCUT2D eigenvalue weighted by molar-refractivity contribution is 6.15. The first kappa shape index (κ1) is 12.1. The van der Waals surface area contributed by atoms with E-state index in [1.165, 1.54) is 0 Å². The summed E-state index contributed by atoms with van der Waals surface area (Å²) in [7, 11) is 1.83. The number of carbonyl (C=O) groups is 1. The monoisotopic (exact) mass is 277 g/mol. The average molecular weight is 277 g/mol. The molecule has 0 N–H and O–H groups in total. The molecule has 21 heavy (non-hydrogen) atoms. The number of anilines is 2. The average Bonchev–Trinajstić information content (AvgIpc) is 2.69. The van der Waals surface area contributed by atoms with E-state index in [0.29, 0.717) is 0 Å². The Morgan fingerprint density at radius 3 is 2.86 bits per heavy atom. The molecule has 2 aromatic rings. The number of hydrogen-bond donors (Lipinski definition) is 0. The SMILES string of the molecule is CCN1c2cccc3c2C(=Cc2cccnc21)N(C)C3=O. The van der Waals surface area contributed by atoms with Gasteiger partial charge in [0.15, 0.2) is 0 Å². The number of rotatable bonds is 1. The van der Waals surface area contributed by atoms with Gasteiger partial charge in [0, 0.05) is 30.9 Å². The van der Waals surface area contributed by atoms with Crippen molar-refractivity contribution in [2.24, 2.45) is 0 Å². The third-order valence-electron chi connectivity index (χ3n) is 4.17. The van der Waals surface area contributed by atoms with Gasteiger partial charge >= 0.3 is 0 Å². The number of carbonyl (C=O) groups excluding carboxylic acids is 1. The van der Waals surface area contributed by atoms with Gasteiger partial charge in [-0.05, 0) is 37.3 Å². The molecule has 0 saturated heterocycles. The number of nitrogens with zero attached hydrogens (tertiary/aromatic N) is 3. The van der Waals surface area contributed by atoms with Gasteiger partial charge in [-0.25, -0.2) is 4.98 Å². The molecule has 2 aliphatic rings. The topological polar surface area (TPSA) is 36.4 Å². The molecule has 104 valence electrons. The Bertz CT molecular complexity index is 794. The lowest BCUT2D eigenvalue weighted by Crippen LogP contribution is -2.19. The fourth-order valence-corrected chi connectivity index (χ4v) is 3.17. The maximum atomic E-state index is 12.4. The Kier molecular flexibility index (Phi) is 2.42. The third-order valence-corrected chi connectivity index (χ3v) is 4.17. The molecule has 3 heterocycles. The lowest BCUT2D eigenvalue weighted by Gasteiger charge is -2.24. The second kappa shape index (κ2) is 4.19. The molecule has 0 aliphatic carbocycles. The van der Waals surface area contributed by atoms with Crippen LogP contribution in [-0.4, -0.2) is 29.4 Å². The van der Waals surface area contributed by atoms with E-state index in [2.05, 4.69) is 29.0 Å². The lowest BCUT2D eigenvalue weighted by atomic mass is 10.0. The molecule has 0 radical (unpaired) electrons. The maximum Gasteiger partial charge on any atom is 0.258 e. The molecule has 1 aromatic heterocycles. The van der Waals surface area contributed by atoms with Gasteiger partial charge in [-0.1, -0.05) is 6.07 Å². The van der Waals surface area contributed by atoms with Crippen LogP contribution in [0.25, 0.3) is 11.8 Å². The first-order chi connectivity index (χ1) is 10.2. The summed E-state index contributed by atoms with van der Waals surface area (Å²) in [4.78, 5) is 20.9. The molecule has 4 heteroatoms. The Balaban J connectivity index is 2.11. The summed E-state index contributed by atoms with van der Waals surface area (Å²) in [5.41, 5.74) is 4.84. The maximum absolute atomic E-state index is 12.4.